The second-order valence-corrected chi connectivity index (χ2v) is 5.27. The van der Waals surface area contributed by atoms with E-state index in [4.69, 9.17) is 10.4 Å². The summed E-state index contributed by atoms with van der Waals surface area (Å²) in [5.41, 5.74) is -0.518. The van der Waals surface area contributed by atoms with Crippen molar-refractivity contribution < 1.29 is 14.7 Å². The van der Waals surface area contributed by atoms with Crippen molar-refractivity contribution in [2.75, 3.05) is 19.6 Å². The van der Waals surface area contributed by atoms with Gasteiger partial charge in [0, 0.05) is 18.6 Å². The highest BCUT2D eigenvalue weighted by Crippen LogP contribution is 2.16. The third-order valence-corrected chi connectivity index (χ3v) is 3.12. The average Bonchev–Trinajstić information content (AvgIpc) is 2.82. The molecular weight excluding hydrogens is 284 g/mol. The van der Waals surface area contributed by atoms with Gasteiger partial charge in [-0.2, -0.15) is 5.26 Å². The van der Waals surface area contributed by atoms with Crippen LogP contribution in [0.3, 0.4) is 0 Å². The predicted octanol–water partition coefficient (Wildman–Crippen LogP) is 0.559. The highest BCUT2D eigenvalue weighted by Gasteiger charge is 2.29. The Balaban J connectivity index is 0.00000361. The van der Waals surface area contributed by atoms with E-state index in [2.05, 4.69) is 16.7 Å². The van der Waals surface area contributed by atoms with Crippen LogP contribution >= 0.6 is 12.4 Å². The zero-order valence-corrected chi connectivity index (χ0v) is 12.5. The standard InChI is InChI=1S/C12H20N4O3.ClH/c1-12(2,8-14-11(18)19)15-7-10(17)16-5-3-4-9(16)6-13;/h9,14-15H,3-5,7-8H2,1-2H3,(H,18,19);1H. The van der Waals surface area contributed by atoms with E-state index in [9.17, 15) is 9.59 Å². The number of nitrogens with one attached hydrogen (secondary N) is 2. The van der Waals surface area contributed by atoms with Gasteiger partial charge in [0.05, 0.1) is 12.6 Å². The van der Waals surface area contributed by atoms with Crippen LogP contribution in [0.1, 0.15) is 26.7 Å². The molecule has 8 heteroatoms. The van der Waals surface area contributed by atoms with Crippen molar-refractivity contribution in [1.29, 1.82) is 5.26 Å². The van der Waals surface area contributed by atoms with Gasteiger partial charge >= 0.3 is 6.09 Å². The Kier molecular flexibility index (Phi) is 7.32. The second kappa shape index (κ2) is 7.92. The molecule has 20 heavy (non-hydrogen) atoms. The molecule has 0 aromatic carbocycles. The SMILES string of the molecule is CC(C)(CNC(=O)O)NCC(=O)N1CCCC1C#N.Cl. The number of halogens is 1. The number of likely N-dealkylation sites (tertiary alicyclic amines) is 1. The van der Waals surface area contributed by atoms with E-state index >= 15 is 0 Å². The number of nitriles is 1. The zero-order valence-electron chi connectivity index (χ0n) is 11.7. The number of rotatable bonds is 5. The van der Waals surface area contributed by atoms with Crippen LogP contribution < -0.4 is 10.6 Å². The third-order valence-electron chi connectivity index (χ3n) is 3.12. The first-order chi connectivity index (χ1) is 8.85. The molecule has 0 aromatic heterocycles. The molecule has 1 aliphatic rings. The van der Waals surface area contributed by atoms with Crippen molar-refractivity contribution in [2.45, 2.75) is 38.3 Å². The van der Waals surface area contributed by atoms with Crippen LogP contribution in [0.4, 0.5) is 4.79 Å². The highest BCUT2D eigenvalue weighted by atomic mass is 35.5. The van der Waals surface area contributed by atoms with Crippen LogP contribution in [0.15, 0.2) is 0 Å². The number of nitrogens with zero attached hydrogens (tertiary/aromatic N) is 2. The van der Waals surface area contributed by atoms with Gasteiger partial charge in [-0.3, -0.25) is 4.79 Å². The molecule has 1 saturated heterocycles. The van der Waals surface area contributed by atoms with Gasteiger partial charge in [-0.15, -0.1) is 12.4 Å². The Bertz CT molecular complexity index is 395. The van der Waals surface area contributed by atoms with Crippen LogP contribution in [0.2, 0.25) is 0 Å². The molecule has 1 rings (SSSR count). The third kappa shape index (κ3) is 5.63. The molecule has 3 N–H and O–H groups in total. The van der Waals surface area contributed by atoms with Gasteiger partial charge in [-0.05, 0) is 26.7 Å². The summed E-state index contributed by atoms with van der Waals surface area (Å²) < 4.78 is 0. The van der Waals surface area contributed by atoms with E-state index in [1.807, 2.05) is 13.8 Å². The number of hydrogen-bond acceptors (Lipinski definition) is 4. The predicted molar refractivity (Wildman–Crippen MR) is 75.7 cm³/mol. The van der Waals surface area contributed by atoms with Crippen molar-refractivity contribution in [3.63, 3.8) is 0 Å². The Hall–Kier alpha value is -1.52. The molecule has 1 unspecified atom stereocenters. The summed E-state index contributed by atoms with van der Waals surface area (Å²) in [5, 5.41) is 22.7. The molecule has 0 aliphatic carbocycles. The number of amides is 2. The molecule has 0 bridgehead atoms. The molecule has 1 aliphatic heterocycles. The molecule has 1 heterocycles. The summed E-state index contributed by atoms with van der Waals surface area (Å²) >= 11 is 0. The Labute approximate surface area is 124 Å². The van der Waals surface area contributed by atoms with Gasteiger partial charge < -0.3 is 20.6 Å². The number of carboxylic acid groups (broad SMARTS) is 1. The van der Waals surface area contributed by atoms with Crippen molar-refractivity contribution >= 4 is 24.4 Å². The molecule has 7 nitrogen and oxygen atoms in total. The minimum absolute atomic E-state index is 0. The lowest BCUT2D eigenvalue weighted by Gasteiger charge is -2.27. The molecule has 0 aromatic rings. The van der Waals surface area contributed by atoms with Crippen molar-refractivity contribution in [2.24, 2.45) is 0 Å². The van der Waals surface area contributed by atoms with Gasteiger partial charge in [0.1, 0.15) is 6.04 Å². The maximum atomic E-state index is 12.0. The molecule has 0 saturated carbocycles. The monoisotopic (exact) mass is 304 g/mol. The number of carbonyl (C=O) groups is 2. The van der Waals surface area contributed by atoms with E-state index in [1.54, 1.807) is 4.90 Å². The molecular formula is C12H21ClN4O3. The van der Waals surface area contributed by atoms with Crippen LogP contribution in [-0.2, 0) is 4.79 Å². The van der Waals surface area contributed by atoms with Gasteiger partial charge in [-0.1, -0.05) is 0 Å². The fraction of sp³-hybridized carbons (Fsp3) is 0.750. The van der Waals surface area contributed by atoms with Gasteiger partial charge in [0.2, 0.25) is 5.91 Å². The van der Waals surface area contributed by atoms with Crippen LogP contribution in [0, 0.1) is 11.3 Å². The lowest BCUT2D eigenvalue weighted by Crippen LogP contribution is -2.52. The van der Waals surface area contributed by atoms with E-state index < -0.39 is 11.6 Å². The fourth-order valence-corrected chi connectivity index (χ4v) is 1.97. The van der Waals surface area contributed by atoms with Crippen molar-refractivity contribution in [3.05, 3.63) is 0 Å². The minimum atomic E-state index is -1.09. The van der Waals surface area contributed by atoms with Gasteiger partial charge in [0.25, 0.3) is 0 Å². The summed E-state index contributed by atoms with van der Waals surface area (Å²) in [7, 11) is 0. The molecule has 1 atom stereocenters. The van der Waals surface area contributed by atoms with Crippen molar-refractivity contribution in [1.82, 2.24) is 15.5 Å². The smallest absolute Gasteiger partial charge is 0.404 e. The lowest BCUT2D eigenvalue weighted by molar-refractivity contribution is -0.130. The fourth-order valence-electron chi connectivity index (χ4n) is 1.97. The maximum Gasteiger partial charge on any atom is 0.404 e. The number of hydrogen-bond donors (Lipinski definition) is 3. The van der Waals surface area contributed by atoms with Crippen LogP contribution in [-0.4, -0.2) is 53.2 Å². The normalized spacial score (nSPS) is 18.1. The molecule has 2 amide bonds. The second-order valence-electron chi connectivity index (χ2n) is 5.27. The summed E-state index contributed by atoms with van der Waals surface area (Å²) in [6.45, 7) is 4.54. The van der Waals surface area contributed by atoms with Gasteiger partial charge in [0.15, 0.2) is 0 Å². The van der Waals surface area contributed by atoms with E-state index in [-0.39, 0.29) is 37.4 Å². The first kappa shape index (κ1) is 18.5. The van der Waals surface area contributed by atoms with E-state index in [1.165, 1.54) is 0 Å². The largest absolute Gasteiger partial charge is 0.465 e. The zero-order chi connectivity index (χ0) is 14.5. The van der Waals surface area contributed by atoms with Crippen molar-refractivity contribution in [3.8, 4) is 6.07 Å². The molecule has 1 fully saturated rings. The maximum absolute atomic E-state index is 12.0. The Morgan fingerprint density at radius 1 is 1.50 bits per heavy atom. The summed E-state index contributed by atoms with van der Waals surface area (Å²) in [4.78, 5) is 24.0. The lowest BCUT2D eigenvalue weighted by atomic mass is 10.1. The topological polar surface area (TPSA) is 105 Å². The quantitative estimate of drug-likeness (QED) is 0.688. The molecule has 0 spiro atoms. The average molecular weight is 305 g/mol. The summed E-state index contributed by atoms with van der Waals surface area (Å²) in [6.07, 6.45) is 0.491. The van der Waals surface area contributed by atoms with E-state index in [0.717, 1.165) is 12.8 Å². The Morgan fingerprint density at radius 2 is 2.15 bits per heavy atom. The molecule has 0 radical (unpaired) electrons. The summed E-state index contributed by atoms with van der Waals surface area (Å²) in [6, 6.07) is 1.79. The summed E-state index contributed by atoms with van der Waals surface area (Å²) in [5.74, 6) is -0.118. The highest BCUT2D eigenvalue weighted by molar-refractivity contribution is 5.85. The first-order valence-corrected chi connectivity index (χ1v) is 6.26. The minimum Gasteiger partial charge on any atom is -0.465 e. The van der Waals surface area contributed by atoms with E-state index in [0.29, 0.717) is 6.54 Å². The first-order valence-electron chi connectivity index (χ1n) is 6.26. The molecule has 114 valence electrons. The number of carbonyl (C=O) groups excluding carboxylic acids is 1. The Morgan fingerprint density at radius 3 is 2.70 bits per heavy atom. The van der Waals surface area contributed by atoms with Gasteiger partial charge in [-0.25, -0.2) is 4.79 Å². The van der Waals surface area contributed by atoms with Crippen LogP contribution in [0.5, 0.6) is 0 Å². The van der Waals surface area contributed by atoms with Crippen LogP contribution in [0.25, 0.3) is 0 Å².